The molecule has 5 nitrogen and oxygen atoms in total. The lowest BCUT2D eigenvalue weighted by atomic mass is 9.94. The van der Waals surface area contributed by atoms with E-state index < -0.39 is 0 Å². The summed E-state index contributed by atoms with van der Waals surface area (Å²) in [6.07, 6.45) is 2.34. The van der Waals surface area contributed by atoms with Gasteiger partial charge < -0.3 is 15.1 Å². The van der Waals surface area contributed by atoms with Gasteiger partial charge in [-0.2, -0.15) is 0 Å². The van der Waals surface area contributed by atoms with Crippen molar-refractivity contribution in [2.45, 2.75) is 46.1 Å². The number of hydrogen-bond acceptors (Lipinski definition) is 3. The molecule has 0 fully saturated rings. The molecule has 0 amide bonds. The van der Waals surface area contributed by atoms with Crippen LogP contribution in [0.4, 0.5) is 4.39 Å². The first-order valence-corrected chi connectivity index (χ1v) is 8.61. The fourth-order valence-corrected chi connectivity index (χ4v) is 2.24. The van der Waals surface area contributed by atoms with E-state index in [-0.39, 0.29) is 11.2 Å². The molecular formula is C19H27FN4O. The maximum absolute atomic E-state index is 13.6. The lowest BCUT2D eigenvalue weighted by Gasteiger charge is -2.13. The molecule has 25 heavy (non-hydrogen) atoms. The molecule has 0 aliphatic carbocycles. The van der Waals surface area contributed by atoms with Crippen LogP contribution in [0.3, 0.4) is 0 Å². The zero-order valence-corrected chi connectivity index (χ0v) is 15.4. The minimum Gasteiger partial charge on any atom is -0.443 e. The van der Waals surface area contributed by atoms with E-state index in [0.29, 0.717) is 36.9 Å². The van der Waals surface area contributed by atoms with Crippen LogP contribution in [0.2, 0.25) is 0 Å². The van der Waals surface area contributed by atoms with Gasteiger partial charge in [-0.1, -0.05) is 39.0 Å². The van der Waals surface area contributed by atoms with E-state index in [2.05, 4.69) is 41.4 Å². The quantitative estimate of drug-likeness (QED) is 0.621. The van der Waals surface area contributed by atoms with Gasteiger partial charge in [0.25, 0.3) is 0 Å². The Labute approximate surface area is 148 Å². The highest BCUT2D eigenvalue weighted by atomic mass is 19.1. The van der Waals surface area contributed by atoms with E-state index in [1.54, 1.807) is 18.3 Å². The minimum absolute atomic E-state index is 0.0720. The Morgan fingerprint density at radius 1 is 1.24 bits per heavy atom. The second kappa shape index (κ2) is 8.65. The molecule has 0 aliphatic heterocycles. The van der Waals surface area contributed by atoms with Crippen molar-refractivity contribution < 1.29 is 8.81 Å². The van der Waals surface area contributed by atoms with Crippen molar-refractivity contribution in [3.8, 4) is 0 Å². The Kier molecular flexibility index (Phi) is 6.56. The zero-order chi connectivity index (χ0) is 18.3. The van der Waals surface area contributed by atoms with Crippen LogP contribution >= 0.6 is 0 Å². The van der Waals surface area contributed by atoms with E-state index in [9.17, 15) is 4.39 Å². The second-order valence-corrected chi connectivity index (χ2v) is 6.83. The molecule has 0 atom stereocenters. The molecule has 0 spiro atoms. The molecule has 1 heterocycles. The van der Waals surface area contributed by atoms with Gasteiger partial charge in [0.05, 0.1) is 6.20 Å². The zero-order valence-electron chi connectivity index (χ0n) is 15.4. The molecule has 0 saturated heterocycles. The molecule has 6 heteroatoms. The number of oxazole rings is 1. The third-order valence-electron chi connectivity index (χ3n) is 3.65. The summed E-state index contributed by atoms with van der Waals surface area (Å²) >= 11 is 0. The van der Waals surface area contributed by atoms with Gasteiger partial charge in [0.2, 0.25) is 5.89 Å². The number of halogens is 1. The molecule has 0 unspecified atom stereocenters. The molecule has 0 aliphatic rings. The Bertz CT molecular complexity index is 703. The first kappa shape index (κ1) is 19.0. The normalized spacial score (nSPS) is 12.3. The van der Waals surface area contributed by atoms with Crippen molar-refractivity contribution in [3.05, 3.63) is 53.5 Å². The summed E-state index contributed by atoms with van der Waals surface area (Å²) in [6, 6.07) is 6.80. The largest absolute Gasteiger partial charge is 0.443 e. The fraction of sp³-hybridized carbons (Fsp3) is 0.474. The number of benzene rings is 1. The lowest BCUT2D eigenvalue weighted by Crippen LogP contribution is -2.38. The Hall–Kier alpha value is -2.37. The third-order valence-corrected chi connectivity index (χ3v) is 3.65. The Morgan fingerprint density at radius 2 is 2.00 bits per heavy atom. The minimum atomic E-state index is -0.180. The van der Waals surface area contributed by atoms with Crippen LogP contribution in [0.5, 0.6) is 0 Å². The molecule has 1 aromatic carbocycles. The predicted molar refractivity (Wildman–Crippen MR) is 98.1 cm³/mol. The molecule has 0 bridgehead atoms. The third kappa shape index (κ3) is 5.89. The van der Waals surface area contributed by atoms with Crippen molar-refractivity contribution in [1.82, 2.24) is 15.6 Å². The average Bonchev–Trinajstić information content (AvgIpc) is 3.03. The standard InChI is InChI=1S/C19H27FN4O/c1-5-21-18(22-11-10-14-8-6-7-9-15(14)20)24-13-17-23-12-16(25-17)19(2,3)4/h6-9,12H,5,10-11,13H2,1-4H3,(H2,21,22,24). The highest BCUT2D eigenvalue weighted by Crippen LogP contribution is 2.22. The highest BCUT2D eigenvalue weighted by Gasteiger charge is 2.19. The van der Waals surface area contributed by atoms with Crippen molar-refractivity contribution in [1.29, 1.82) is 0 Å². The summed E-state index contributed by atoms with van der Waals surface area (Å²) < 4.78 is 19.4. The smallest absolute Gasteiger partial charge is 0.216 e. The molecule has 2 N–H and O–H groups in total. The molecule has 0 radical (unpaired) electrons. The van der Waals surface area contributed by atoms with Crippen molar-refractivity contribution in [3.63, 3.8) is 0 Å². The molecular weight excluding hydrogens is 319 g/mol. The molecule has 2 rings (SSSR count). The number of nitrogens with one attached hydrogen (secondary N) is 2. The van der Waals surface area contributed by atoms with Gasteiger partial charge in [0.15, 0.2) is 5.96 Å². The van der Waals surface area contributed by atoms with Crippen LogP contribution in [0, 0.1) is 5.82 Å². The number of nitrogens with zero attached hydrogens (tertiary/aromatic N) is 2. The number of rotatable bonds is 6. The van der Waals surface area contributed by atoms with Crippen LogP contribution in [-0.4, -0.2) is 24.0 Å². The molecule has 136 valence electrons. The Morgan fingerprint density at radius 3 is 2.64 bits per heavy atom. The maximum atomic E-state index is 13.6. The van der Waals surface area contributed by atoms with Gasteiger partial charge in [0.1, 0.15) is 18.1 Å². The van der Waals surface area contributed by atoms with Crippen molar-refractivity contribution in [2.24, 2.45) is 4.99 Å². The van der Waals surface area contributed by atoms with Crippen LogP contribution in [-0.2, 0) is 18.4 Å². The van der Waals surface area contributed by atoms with Gasteiger partial charge in [0, 0.05) is 18.5 Å². The van der Waals surface area contributed by atoms with Crippen LogP contribution < -0.4 is 10.6 Å². The molecule has 0 saturated carbocycles. The van der Waals surface area contributed by atoms with E-state index in [0.717, 1.165) is 12.3 Å². The van der Waals surface area contributed by atoms with E-state index in [4.69, 9.17) is 4.42 Å². The van der Waals surface area contributed by atoms with E-state index >= 15 is 0 Å². The van der Waals surface area contributed by atoms with Gasteiger partial charge in [-0.15, -0.1) is 0 Å². The maximum Gasteiger partial charge on any atom is 0.216 e. The number of aliphatic imine (C=N–C) groups is 1. The SMILES string of the molecule is CCNC(=NCc1ncc(C(C)(C)C)o1)NCCc1ccccc1F. The predicted octanol–water partition coefficient (Wildman–Crippen LogP) is 3.41. The average molecular weight is 346 g/mol. The topological polar surface area (TPSA) is 62.5 Å². The monoisotopic (exact) mass is 346 g/mol. The highest BCUT2D eigenvalue weighted by molar-refractivity contribution is 5.79. The first-order chi connectivity index (χ1) is 11.9. The van der Waals surface area contributed by atoms with Gasteiger partial charge in [-0.25, -0.2) is 14.4 Å². The van der Waals surface area contributed by atoms with Crippen LogP contribution in [0.25, 0.3) is 0 Å². The summed E-state index contributed by atoms with van der Waals surface area (Å²) in [7, 11) is 0. The second-order valence-electron chi connectivity index (χ2n) is 6.83. The summed E-state index contributed by atoms with van der Waals surface area (Å²) in [5, 5.41) is 6.37. The number of guanidine groups is 1. The van der Waals surface area contributed by atoms with E-state index in [1.165, 1.54) is 6.07 Å². The fourth-order valence-electron chi connectivity index (χ4n) is 2.24. The van der Waals surface area contributed by atoms with Gasteiger partial charge in [-0.05, 0) is 25.0 Å². The van der Waals surface area contributed by atoms with Gasteiger partial charge >= 0.3 is 0 Å². The van der Waals surface area contributed by atoms with Crippen molar-refractivity contribution >= 4 is 5.96 Å². The Balaban J connectivity index is 1.92. The lowest BCUT2D eigenvalue weighted by molar-refractivity contribution is 0.383. The van der Waals surface area contributed by atoms with Crippen molar-refractivity contribution in [2.75, 3.05) is 13.1 Å². The summed E-state index contributed by atoms with van der Waals surface area (Å²) in [5.41, 5.74) is 0.616. The summed E-state index contributed by atoms with van der Waals surface area (Å²) in [5.74, 6) is 1.90. The number of hydrogen-bond donors (Lipinski definition) is 2. The summed E-state index contributed by atoms with van der Waals surface area (Å²) in [6.45, 7) is 9.91. The van der Waals surface area contributed by atoms with Crippen LogP contribution in [0.15, 0.2) is 39.9 Å². The summed E-state index contributed by atoms with van der Waals surface area (Å²) in [4.78, 5) is 8.75. The van der Waals surface area contributed by atoms with Gasteiger partial charge in [-0.3, -0.25) is 0 Å². The van der Waals surface area contributed by atoms with E-state index in [1.807, 2.05) is 13.0 Å². The molecule has 2 aromatic rings. The number of aromatic nitrogens is 1. The first-order valence-electron chi connectivity index (χ1n) is 8.61. The van der Waals surface area contributed by atoms with Crippen LogP contribution in [0.1, 0.15) is 44.9 Å². The molecule has 1 aromatic heterocycles.